The van der Waals surface area contributed by atoms with Gasteiger partial charge in [0.1, 0.15) is 0 Å². The standard InChI is InChI=1S/C5H8O2.C4H6O4.2Cr/c1-4(6)3-5(2)7;5-3(6)1-2-4(7)8;;/h3,6H,1-2H3;1-2H2,(H,5,6)(H,7,8);;/q;;2*+2/p-3/b4-3-;;;. The first-order valence-corrected chi connectivity index (χ1v) is 4.01. The van der Waals surface area contributed by atoms with E-state index >= 15 is 0 Å². The van der Waals surface area contributed by atoms with Gasteiger partial charge in [0.15, 0.2) is 5.78 Å². The Morgan fingerprint density at radius 2 is 1.18 bits per heavy atom. The minimum absolute atomic E-state index is 0. The predicted octanol–water partition coefficient (Wildman–Crippen LogP) is -2.90. The molecule has 0 radical (unpaired) electrons. The van der Waals surface area contributed by atoms with Crippen molar-refractivity contribution in [2.75, 3.05) is 0 Å². The van der Waals surface area contributed by atoms with Crippen LogP contribution in [0.5, 0.6) is 0 Å². The molecular formula is C9H11Cr2O6+. The van der Waals surface area contributed by atoms with Crippen molar-refractivity contribution in [2.24, 2.45) is 0 Å². The Labute approximate surface area is 121 Å². The van der Waals surface area contributed by atoms with Gasteiger partial charge in [-0.2, -0.15) is 0 Å². The van der Waals surface area contributed by atoms with Gasteiger partial charge < -0.3 is 24.9 Å². The van der Waals surface area contributed by atoms with Gasteiger partial charge in [-0.1, -0.05) is 6.92 Å². The maximum Gasteiger partial charge on any atom is 2.00 e. The number of carbonyl (C=O) groups is 3. The molecule has 17 heavy (non-hydrogen) atoms. The molecule has 0 spiro atoms. The van der Waals surface area contributed by atoms with Crippen LogP contribution in [0.4, 0.5) is 0 Å². The maximum atomic E-state index is 9.98. The van der Waals surface area contributed by atoms with Crippen molar-refractivity contribution in [3.8, 4) is 0 Å². The zero-order valence-corrected chi connectivity index (χ0v) is 11.8. The summed E-state index contributed by atoms with van der Waals surface area (Å²) in [7, 11) is 0. The molecule has 0 bridgehead atoms. The summed E-state index contributed by atoms with van der Waals surface area (Å²) in [6.07, 6.45) is 0.116. The summed E-state index contributed by atoms with van der Waals surface area (Å²) in [5.41, 5.74) is 0. The van der Waals surface area contributed by atoms with Gasteiger partial charge in [0.2, 0.25) is 0 Å². The molecule has 0 saturated heterocycles. The third kappa shape index (κ3) is 39.4. The second kappa shape index (κ2) is 15.2. The van der Waals surface area contributed by atoms with E-state index in [2.05, 4.69) is 0 Å². The van der Waals surface area contributed by atoms with Gasteiger partial charge in [-0.25, -0.2) is 0 Å². The maximum absolute atomic E-state index is 9.98. The van der Waals surface area contributed by atoms with E-state index in [0.29, 0.717) is 0 Å². The van der Waals surface area contributed by atoms with Gasteiger partial charge in [-0.15, -0.1) is 5.76 Å². The molecule has 0 atom stereocenters. The number of hydrogen-bond donors (Lipinski definition) is 0. The van der Waals surface area contributed by atoms with Crippen LogP contribution in [-0.4, -0.2) is 17.7 Å². The van der Waals surface area contributed by atoms with Crippen LogP contribution in [0.15, 0.2) is 11.8 Å². The molecule has 6 nitrogen and oxygen atoms in total. The molecule has 0 amide bonds. The molecule has 0 aromatic rings. The summed E-state index contributed by atoms with van der Waals surface area (Å²) in [5, 5.41) is 29.0. The van der Waals surface area contributed by atoms with Crippen LogP contribution in [0.2, 0.25) is 0 Å². The topological polar surface area (TPSA) is 120 Å². The van der Waals surface area contributed by atoms with Crippen LogP contribution in [0, 0.1) is 0 Å². The van der Waals surface area contributed by atoms with Gasteiger partial charge in [-0.05, 0) is 25.8 Å². The van der Waals surface area contributed by atoms with Crippen LogP contribution >= 0.6 is 0 Å². The number of aliphatic carboxylic acids is 2. The van der Waals surface area contributed by atoms with E-state index in [-0.39, 0.29) is 46.3 Å². The summed E-state index contributed by atoms with van der Waals surface area (Å²) in [6, 6.07) is 0. The number of allylic oxidation sites excluding steroid dienone is 2. The van der Waals surface area contributed by atoms with Gasteiger partial charge in [0.25, 0.3) is 0 Å². The third-order valence-electron chi connectivity index (χ3n) is 0.940. The van der Waals surface area contributed by atoms with Crippen molar-refractivity contribution in [1.29, 1.82) is 0 Å². The van der Waals surface area contributed by atoms with E-state index in [1.54, 1.807) is 0 Å². The van der Waals surface area contributed by atoms with Crippen molar-refractivity contribution < 1.29 is 64.4 Å². The Morgan fingerprint density at radius 3 is 1.24 bits per heavy atom. The zero-order valence-electron chi connectivity index (χ0n) is 9.26. The average Bonchev–Trinajstić information content (AvgIpc) is 1.99. The van der Waals surface area contributed by atoms with E-state index in [1.165, 1.54) is 13.8 Å². The first-order chi connectivity index (χ1) is 6.75. The fourth-order valence-electron chi connectivity index (χ4n) is 0.490. The zero-order chi connectivity index (χ0) is 12.4. The molecule has 0 fully saturated rings. The molecule has 0 saturated carbocycles. The van der Waals surface area contributed by atoms with Crippen molar-refractivity contribution in [2.45, 2.75) is 26.7 Å². The first kappa shape index (κ1) is 25.2. The number of carboxylic acid groups (broad SMARTS) is 2. The average molecular weight is 319 g/mol. The Bertz CT molecular complexity index is 257. The summed E-state index contributed by atoms with van der Waals surface area (Å²) >= 11 is 0. The smallest absolute Gasteiger partial charge is 0.876 e. The van der Waals surface area contributed by atoms with Crippen LogP contribution in [-0.2, 0) is 49.1 Å². The molecule has 0 aliphatic heterocycles. The minimum atomic E-state index is -1.37. The summed E-state index contributed by atoms with van der Waals surface area (Å²) < 4.78 is 0. The van der Waals surface area contributed by atoms with Crippen molar-refractivity contribution >= 4 is 17.7 Å². The number of carbonyl (C=O) groups excluding carboxylic acids is 3. The SMILES string of the molecule is CC(=O)/C=C(/C)[O-].O=C([O-])CCC(=O)[O-].[Cr+2].[Cr+2]. The van der Waals surface area contributed by atoms with Gasteiger partial charge in [-0.3, -0.25) is 4.79 Å². The molecule has 0 N–H and O–H groups in total. The van der Waals surface area contributed by atoms with Gasteiger partial charge >= 0.3 is 34.7 Å². The van der Waals surface area contributed by atoms with E-state index < -0.39 is 24.8 Å². The molecule has 0 aromatic carbocycles. The van der Waals surface area contributed by atoms with Crippen LogP contribution in [0.1, 0.15) is 26.7 Å². The third-order valence-corrected chi connectivity index (χ3v) is 0.940. The molecule has 8 heteroatoms. The molecule has 0 aliphatic rings. The van der Waals surface area contributed by atoms with Gasteiger partial charge in [0.05, 0.1) is 0 Å². The number of rotatable bonds is 4. The van der Waals surface area contributed by atoms with Crippen LogP contribution in [0.25, 0.3) is 0 Å². The minimum Gasteiger partial charge on any atom is -0.876 e. The number of carboxylic acids is 2. The van der Waals surface area contributed by atoms with Crippen molar-refractivity contribution in [1.82, 2.24) is 0 Å². The fourth-order valence-corrected chi connectivity index (χ4v) is 0.490. The Kier molecular flexibility index (Phi) is 22.5. The van der Waals surface area contributed by atoms with Crippen molar-refractivity contribution in [3.63, 3.8) is 0 Å². The fraction of sp³-hybridized carbons (Fsp3) is 0.444. The molecule has 0 rings (SSSR count). The number of hydrogen-bond acceptors (Lipinski definition) is 6. The van der Waals surface area contributed by atoms with E-state index in [9.17, 15) is 29.7 Å². The summed E-state index contributed by atoms with van der Waals surface area (Å²) in [6.45, 7) is 2.70. The molecule has 94 valence electrons. The Balaban J connectivity index is -0.0000000896. The first-order valence-electron chi connectivity index (χ1n) is 4.01. The van der Waals surface area contributed by atoms with E-state index in [1.807, 2.05) is 0 Å². The second-order valence-electron chi connectivity index (χ2n) is 2.61. The predicted molar refractivity (Wildman–Crippen MR) is 43.7 cm³/mol. The quantitative estimate of drug-likeness (QED) is 0.405. The second-order valence-corrected chi connectivity index (χ2v) is 2.61. The van der Waals surface area contributed by atoms with Gasteiger partial charge in [0, 0.05) is 11.9 Å². The molecule has 0 aromatic heterocycles. The Morgan fingerprint density at radius 1 is 0.882 bits per heavy atom. The summed E-state index contributed by atoms with van der Waals surface area (Å²) in [4.78, 5) is 29.0. The molecule has 0 aliphatic carbocycles. The molecular weight excluding hydrogens is 308 g/mol. The van der Waals surface area contributed by atoms with Crippen LogP contribution in [0.3, 0.4) is 0 Å². The molecule has 0 unspecified atom stereocenters. The molecule has 0 heterocycles. The number of ketones is 1. The Hall–Kier alpha value is -0.785. The largest absolute Gasteiger partial charge is 2.00 e. The van der Waals surface area contributed by atoms with E-state index in [0.717, 1.165) is 6.08 Å². The van der Waals surface area contributed by atoms with Crippen molar-refractivity contribution in [3.05, 3.63) is 11.8 Å². The normalized spacial score (nSPS) is 8.71. The van der Waals surface area contributed by atoms with E-state index in [4.69, 9.17) is 0 Å². The monoisotopic (exact) mass is 319 g/mol. The van der Waals surface area contributed by atoms with Crippen LogP contribution < -0.4 is 15.3 Å². The summed E-state index contributed by atoms with van der Waals surface area (Å²) in [5.74, 6) is -3.11.